The minimum absolute atomic E-state index is 0. The molecule has 32 heavy (non-hydrogen) atoms. The summed E-state index contributed by atoms with van der Waals surface area (Å²) >= 11 is 0. The Morgan fingerprint density at radius 3 is 2.66 bits per heavy atom. The van der Waals surface area contributed by atoms with Crippen molar-refractivity contribution in [3.8, 4) is 17.2 Å². The number of ether oxygens (including phenoxy) is 2. The van der Waals surface area contributed by atoms with Gasteiger partial charge in [0.15, 0.2) is 5.96 Å². The van der Waals surface area contributed by atoms with Crippen LogP contribution in [0.1, 0.15) is 18.1 Å². The lowest BCUT2D eigenvalue weighted by Gasteiger charge is -2.15. The molecule has 0 amide bonds. The molecule has 10 heteroatoms. The molecular formula is C22H26F2IN5O2. The van der Waals surface area contributed by atoms with Crippen LogP contribution in [0.15, 0.2) is 66.2 Å². The van der Waals surface area contributed by atoms with Gasteiger partial charge in [0.25, 0.3) is 0 Å². The molecular weight excluding hydrogens is 531 g/mol. The minimum Gasteiger partial charge on any atom is -0.497 e. The van der Waals surface area contributed by atoms with Gasteiger partial charge in [-0.05, 0) is 36.8 Å². The van der Waals surface area contributed by atoms with Crippen molar-refractivity contribution >= 4 is 29.9 Å². The first-order valence-electron chi connectivity index (χ1n) is 9.80. The molecule has 0 radical (unpaired) electrons. The summed E-state index contributed by atoms with van der Waals surface area (Å²) in [5.41, 5.74) is 2.55. The predicted octanol–water partition coefficient (Wildman–Crippen LogP) is 4.36. The third kappa shape index (κ3) is 7.08. The number of imidazole rings is 1. The fourth-order valence-corrected chi connectivity index (χ4v) is 3.02. The summed E-state index contributed by atoms with van der Waals surface area (Å²) in [5.74, 6) is 1.16. The summed E-state index contributed by atoms with van der Waals surface area (Å²) in [7, 11) is 1.51. The highest BCUT2D eigenvalue weighted by molar-refractivity contribution is 14.0. The molecule has 2 aromatic carbocycles. The van der Waals surface area contributed by atoms with Crippen molar-refractivity contribution in [3.63, 3.8) is 0 Å². The van der Waals surface area contributed by atoms with Crippen LogP contribution in [0.4, 0.5) is 8.78 Å². The molecule has 0 unspecified atom stereocenters. The number of guanidine groups is 1. The average Bonchev–Trinajstić information content (AvgIpc) is 3.31. The fraction of sp³-hybridized carbons (Fsp3) is 0.273. The maximum atomic E-state index is 12.7. The van der Waals surface area contributed by atoms with Crippen LogP contribution < -0.4 is 20.1 Å². The first kappa shape index (κ1) is 25.4. The molecule has 0 saturated carbocycles. The van der Waals surface area contributed by atoms with Gasteiger partial charge in [0.05, 0.1) is 25.7 Å². The summed E-state index contributed by atoms with van der Waals surface area (Å²) < 4.78 is 37.2. The number of aromatic nitrogens is 2. The first-order chi connectivity index (χ1) is 15.1. The van der Waals surface area contributed by atoms with E-state index in [1.807, 2.05) is 42.0 Å². The second kappa shape index (κ2) is 12.8. The number of para-hydroxylation sites is 1. The molecule has 1 heterocycles. The number of benzene rings is 2. The molecule has 0 spiro atoms. The Bertz CT molecular complexity index is 1000. The van der Waals surface area contributed by atoms with Crippen LogP contribution >= 0.6 is 24.0 Å². The van der Waals surface area contributed by atoms with Crippen molar-refractivity contribution in [1.82, 2.24) is 20.2 Å². The van der Waals surface area contributed by atoms with Crippen LogP contribution in [0.25, 0.3) is 5.69 Å². The molecule has 7 nitrogen and oxygen atoms in total. The quantitative estimate of drug-likeness (QED) is 0.233. The van der Waals surface area contributed by atoms with E-state index in [9.17, 15) is 8.78 Å². The summed E-state index contributed by atoms with van der Waals surface area (Å²) in [6.07, 6.45) is 5.35. The SMILES string of the molecule is CCNC(=NCc1cc(OC)ccc1OC(F)F)NCc1ccccc1-n1ccnc1.I. The van der Waals surface area contributed by atoms with Crippen LogP contribution in [0, 0.1) is 0 Å². The standard InChI is InChI=1S/C22H25F2N5O2.HI/c1-3-26-22(27-13-16-6-4-5-7-19(16)29-11-10-25-15-29)28-14-17-12-18(30-2)8-9-20(17)31-21(23)24;/h4-12,15,21H,3,13-14H2,1-2H3,(H2,26,27,28);1H. The van der Waals surface area contributed by atoms with E-state index >= 15 is 0 Å². The highest BCUT2D eigenvalue weighted by atomic mass is 127. The third-order valence-corrected chi connectivity index (χ3v) is 4.46. The molecule has 3 rings (SSSR count). The zero-order chi connectivity index (χ0) is 22.1. The summed E-state index contributed by atoms with van der Waals surface area (Å²) in [5, 5.41) is 6.45. The van der Waals surface area contributed by atoms with Gasteiger partial charge in [-0.15, -0.1) is 24.0 Å². The summed E-state index contributed by atoms with van der Waals surface area (Å²) in [6, 6.07) is 12.6. The monoisotopic (exact) mass is 557 g/mol. The van der Waals surface area contributed by atoms with Gasteiger partial charge in [-0.1, -0.05) is 18.2 Å². The Balaban J connectivity index is 0.00000363. The van der Waals surface area contributed by atoms with Crippen LogP contribution in [-0.4, -0.2) is 35.8 Å². The normalized spacial score (nSPS) is 11.1. The molecule has 3 aromatic rings. The largest absolute Gasteiger partial charge is 0.497 e. The summed E-state index contributed by atoms with van der Waals surface area (Å²) in [4.78, 5) is 8.63. The number of rotatable bonds is 9. The van der Waals surface area contributed by atoms with Gasteiger partial charge in [0, 0.05) is 31.0 Å². The van der Waals surface area contributed by atoms with Crippen LogP contribution in [0.5, 0.6) is 11.5 Å². The lowest BCUT2D eigenvalue weighted by atomic mass is 10.1. The topological polar surface area (TPSA) is 72.7 Å². The van der Waals surface area contributed by atoms with E-state index in [1.165, 1.54) is 13.2 Å². The predicted molar refractivity (Wildman–Crippen MR) is 130 cm³/mol. The van der Waals surface area contributed by atoms with Gasteiger partial charge in [-0.25, -0.2) is 9.98 Å². The number of nitrogens with one attached hydrogen (secondary N) is 2. The molecule has 1 aromatic heterocycles. The fourth-order valence-electron chi connectivity index (χ4n) is 3.02. The van der Waals surface area contributed by atoms with Crippen molar-refractivity contribution in [1.29, 1.82) is 0 Å². The molecule has 0 aliphatic rings. The highest BCUT2D eigenvalue weighted by Gasteiger charge is 2.11. The third-order valence-electron chi connectivity index (χ3n) is 4.46. The lowest BCUT2D eigenvalue weighted by Crippen LogP contribution is -2.37. The van der Waals surface area contributed by atoms with Gasteiger partial charge in [0.2, 0.25) is 0 Å². The second-order valence-electron chi connectivity index (χ2n) is 6.50. The van der Waals surface area contributed by atoms with E-state index in [2.05, 4.69) is 25.3 Å². The van der Waals surface area contributed by atoms with Crippen LogP contribution in [0.3, 0.4) is 0 Å². The minimum atomic E-state index is -2.91. The zero-order valence-corrected chi connectivity index (χ0v) is 20.1. The number of hydrogen-bond acceptors (Lipinski definition) is 4. The molecule has 2 N–H and O–H groups in total. The van der Waals surface area contributed by atoms with Gasteiger partial charge < -0.3 is 24.7 Å². The number of nitrogens with zero attached hydrogens (tertiary/aromatic N) is 3. The smallest absolute Gasteiger partial charge is 0.387 e. The average molecular weight is 557 g/mol. The number of hydrogen-bond donors (Lipinski definition) is 2. The van der Waals surface area contributed by atoms with Gasteiger partial charge in [0.1, 0.15) is 11.5 Å². The summed E-state index contributed by atoms with van der Waals surface area (Å²) in [6.45, 7) is 0.333. The zero-order valence-electron chi connectivity index (χ0n) is 17.8. The highest BCUT2D eigenvalue weighted by Crippen LogP contribution is 2.26. The van der Waals surface area contributed by atoms with Crippen molar-refractivity contribution in [2.45, 2.75) is 26.6 Å². The number of aliphatic imine (C=N–C) groups is 1. The maximum Gasteiger partial charge on any atom is 0.387 e. The first-order valence-corrected chi connectivity index (χ1v) is 9.80. The van der Waals surface area contributed by atoms with E-state index in [-0.39, 0.29) is 36.3 Å². The maximum absolute atomic E-state index is 12.7. The Morgan fingerprint density at radius 2 is 1.97 bits per heavy atom. The van der Waals surface area contributed by atoms with Crippen molar-refractivity contribution in [3.05, 3.63) is 72.3 Å². The second-order valence-corrected chi connectivity index (χ2v) is 6.50. The van der Waals surface area contributed by atoms with Crippen molar-refractivity contribution < 1.29 is 18.3 Å². The molecule has 0 fully saturated rings. The molecule has 0 bridgehead atoms. The van der Waals surface area contributed by atoms with Crippen molar-refractivity contribution in [2.75, 3.05) is 13.7 Å². The molecule has 0 aliphatic heterocycles. The Kier molecular flexibility index (Phi) is 10.2. The lowest BCUT2D eigenvalue weighted by molar-refractivity contribution is -0.0504. The molecule has 0 aliphatic carbocycles. The van der Waals surface area contributed by atoms with Gasteiger partial charge >= 0.3 is 6.61 Å². The van der Waals surface area contributed by atoms with E-state index < -0.39 is 6.61 Å². The number of alkyl halides is 2. The van der Waals surface area contributed by atoms with Gasteiger partial charge in [-0.3, -0.25) is 0 Å². The Labute approximate surface area is 202 Å². The Hall–Kier alpha value is -2.89. The molecule has 172 valence electrons. The number of methoxy groups -OCH3 is 1. The van der Waals surface area contributed by atoms with E-state index in [4.69, 9.17) is 4.74 Å². The number of halogens is 3. The Morgan fingerprint density at radius 1 is 1.16 bits per heavy atom. The van der Waals surface area contributed by atoms with Crippen molar-refractivity contribution in [2.24, 2.45) is 4.99 Å². The van der Waals surface area contributed by atoms with Gasteiger partial charge in [-0.2, -0.15) is 8.78 Å². The van der Waals surface area contributed by atoms with Crippen LogP contribution in [0.2, 0.25) is 0 Å². The molecule has 0 saturated heterocycles. The van der Waals surface area contributed by atoms with E-state index in [1.54, 1.807) is 24.7 Å². The van der Waals surface area contributed by atoms with E-state index in [0.717, 1.165) is 11.3 Å². The van der Waals surface area contributed by atoms with Crippen LogP contribution in [-0.2, 0) is 13.1 Å². The van der Waals surface area contributed by atoms with E-state index in [0.29, 0.717) is 30.4 Å². The molecule has 0 atom stereocenters.